The Morgan fingerprint density at radius 1 is 1.03 bits per heavy atom. The minimum absolute atomic E-state index is 0.0519. The molecule has 7 heteroatoms. The zero-order valence-electron chi connectivity index (χ0n) is 17.4. The van der Waals surface area contributed by atoms with Crippen LogP contribution < -0.4 is 19.3 Å². The number of hydrogen-bond donors (Lipinski definition) is 1. The first-order chi connectivity index (χ1) is 14.5. The number of para-hydroxylation sites is 3. The van der Waals surface area contributed by atoms with E-state index in [1.807, 2.05) is 73.5 Å². The van der Waals surface area contributed by atoms with Crippen LogP contribution in [0, 0.1) is 0 Å². The first-order valence-corrected chi connectivity index (χ1v) is 10.4. The van der Waals surface area contributed by atoms with Gasteiger partial charge in [-0.1, -0.05) is 30.3 Å². The number of quaternary nitrogens is 1. The predicted octanol–water partition coefficient (Wildman–Crippen LogP) is 0.605. The second-order valence-corrected chi connectivity index (χ2v) is 7.80. The maximum absolute atomic E-state index is 12.9. The Balaban J connectivity index is 1.31. The van der Waals surface area contributed by atoms with E-state index in [2.05, 4.69) is 0 Å². The van der Waals surface area contributed by atoms with Crippen LogP contribution >= 0.6 is 0 Å². The summed E-state index contributed by atoms with van der Waals surface area (Å²) in [4.78, 5) is 30.5. The van der Waals surface area contributed by atoms with Crippen molar-refractivity contribution in [2.75, 3.05) is 44.7 Å². The van der Waals surface area contributed by atoms with Crippen LogP contribution in [-0.2, 0) is 9.59 Å². The lowest BCUT2D eigenvalue weighted by atomic mass is 10.1. The van der Waals surface area contributed by atoms with E-state index in [4.69, 9.17) is 9.47 Å². The van der Waals surface area contributed by atoms with Crippen molar-refractivity contribution in [3.63, 3.8) is 0 Å². The summed E-state index contributed by atoms with van der Waals surface area (Å²) in [6.07, 6.45) is -0.621. The number of anilines is 1. The van der Waals surface area contributed by atoms with Crippen LogP contribution in [0.15, 0.2) is 54.6 Å². The standard InChI is InChI=1S/C23H27N3O4/c1-17(22(27)24(2)18-8-4-3-5-9-18)25-12-14-26(15-13-25)23(28)21-16-29-19-10-6-7-11-20(19)30-21/h3-11,17,21H,12-16H2,1-2H3/p+1/t17-,21+/m0/s1. The van der Waals surface area contributed by atoms with Crippen molar-refractivity contribution in [1.29, 1.82) is 0 Å². The lowest BCUT2D eigenvalue weighted by Crippen LogP contribution is -3.19. The molecule has 1 fully saturated rings. The van der Waals surface area contributed by atoms with Crippen molar-refractivity contribution >= 4 is 17.5 Å². The molecule has 158 valence electrons. The number of nitrogens with zero attached hydrogens (tertiary/aromatic N) is 2. The number of carbonyl (C=O) groups is 2. The number of rotatable bonds is 4. The Morgan fingerprint density at radius 2 is 1.67 bits per heavy atom. The Bertz CT molecular complexity index is 896. The third-order valence-electron chi connectivity index (χ3n) is 5.96. The maximum atomic E-state index is 12.9. The average molecular weight is 410 g/mol. The van der Waals surface area contributed by atoms with Crippen LogP contribution in [0.5, 0.6) is 11.5 Å². The molecule has 1 N–H and O–H groups in total. The largest absolute Gasteiger partial charge is 0.485 e. The molecule has 2 aliphatic heterocycles. The van der Waals surface area contributed by atoms with Gasteiger partial charge in [-0.2, -0.15) is 0 Å². The fourth-order valence-corrected chi connectivity index (χ4v) is 4.04. The third-order valence-corrected chi connectivity index (χ3v) is 5.96. The van der Waals surface area contributed by atoms with Crippen molar-refractivity contribution in [2.45, 2.75) is 19.1 Å². The molecular weight excluding hydrogens is 382 g/mol. The van der Waals surface area contributed by atoms with E-state index in [1.165, 1.54) is 4.90 Å². The van der Waals surface area contributed by atoms with Crippen molar-refractivity contribution in [1.82, 2.24) is 4.90 Å². The minimum Gasteiger partial charge on any atom is -0.485 e. The molecule has 0 unspecified atom stereocenters. The van der Waals surface area contributed by atoms with Gasteiger partial charge in [0.05, 0.1) is 26.2 Å². The minimum atomic E-state index is -0.621. The molecule has 2 aromatic rings. The van der Waals surface area contributed by atoms with E-state index < -0.39 is 6.10 Å². The SMILES string of the molecule is C[C@@H](C(=O)N(C)c1ccccc1)[NH+]1CCN(C(=O)[C@H]2COc3ccccc3O2)CC1. The molecule has 2 atom stereocenters. The number of benzene rings is 2. The molecule has 2 heterocycles. The molecule has 0 saturated carbocycles. The number of nitrogens with one attached hydrogen (secondary N) is 1. The summed E-state index contributed by atoms with van der Waals surface area (Å²) in [5.74, 6) is 1.31. The molecule has 2 aliphatic rings. The number of piperazine rings is 1. The molecule has 0 aromatic heterocycles. The van der Waals surface area contributed by atoms with Gasteiger partial charge in [0.1, 0.15) is 6.61 Å². The first-order valence-electron chi connectivity index (χ1n) is 10.4. The van der Waals surface area contributed by atoms with Gasteiger partial charge in [0, 0.05) is 12.7 Å². The average Bonchev–Trinajstić information content (AvgIpc) is 2.82. The van der Waals surface area contributed by atoms with E-state index in [-0.39, 0.29) is 24.5 Å². The highest BCUT2D eigenvalue weighted by Crippen LogP contribution is 2.31. The topological polar surface area (TPSA) is 63.5 Å². The second kappa shape index (κ2) is 8.75. The highest BCUT2D eigenvalue weighted by Gasteiger charge is 2.36. The smallest absolute Gasteiger partial charge is 0.284 e. The Labute approximate surface area is 176 Å². The highest BCUT2D eigenvalue weighted by molar-refractivity contribution is 5.95. The van der Waals surface area contributed by atoms with Crippen molar-refractivity contribution in [3.8, 4) is 11.5 Å². The van der Waals surface area contributed by atoms with Crippen LogP contribution in [0.1, 0.15) is 6.92 Å². The number of carbonyl (C=O) groups excluding carboxylic acids is 2. The monoisotopic (exact) mass is 410 g/mol. The summed E-state index contributed by atoms with van der Waals surface area (Å²) in [6, 6.07) is 16.9. The normalized spacial score (nSPS) is 19.8. The van der Waals surface area contributed by atoms with Gasteiger partial charge in [-0.25, -0.2) is 0 Å². The molecule has 0 spiro atoms. The fourth-order valence-electron chi connectivity index (χ4n) is 4.04. The zero-order chi connectivity index (χ0) is 21.1. The molecule has 0 bridgehead atoms. The second-order valence-electron chi connectivity index (χ2n) is 7.80. The van der Waals surface area contributed by atoms with Crippen LogP contribution in [0.25, 0.3) is 0 Å². The van der Waals surface area contributed by atoms with Crippen LogP contribution in [0.4, 0.5) is 5.69 Å². The van der Waals surface area contributed by atoms with E-state index in [0.717, 1.165) is 18.8 Å². The first kappa shape index (κ1) is 20.2. The summed E-state index contributed by atoms with van der Waals surface area (Å²) in [5.41, 5.74) is 0.886. The number of likely N-dealkylation sites (N-methyl/N-ethyl adjacent to an activating group) is 1. The number of ether oxygens (including phenoxy) is 2. The van der Waals surface area contributed by atoms with Gasteiger partial charge in [-0.05, 0) is 31.2 Å². The maximum Gasteiger partial charge on any atom is 0.284 e. The van der Waals surface area contributed by atoms with E-state index in [1.54, 1.807) is 4.90 Å². The van der Waals surface area contributed by atoms with Gasteiger partial charge in [0.2, 0.25) is 6.10 Å². The molecular formula is C23H28N3O4+. The molecule has 30 heavy (non-hydrogen) atoms. The number of fused-ring (bicyclic) bond motifs is 1. The van der Waals surface area contributed by atoms with Gasteiger partial charge in [-0.15, -0.1) is 0 Å². The lowest BCUT2D eigenvalue weighted by Gasteiger charge is -2.37. The van der Waals surface area contributed by atoms with Gasteiger partial charge >= 0.3 is 0 Å². The summed E-state index contributed by atoms with van der Waals surface area (Å²) in [7, 11) is 1.81. The summed E-state index contributed by atoms with van der Waals surface area (Å²) in [6.45, 7) is 4.84. The van der Waals surface area contributed by atoms with E-state index >= 15 is 0 Å². The molecule has 2 aromatic carbocycles. The Kier molecular flexibility index (Phi) is 5.90. The highest BCUT2D eigenvalue weighted by atomic mass is 16.6. The van der Waals surface area contributed by atoms with Gasteiger partial charge in [0.25, 0.3) is 11.8 Å². The Hall–Kier alpha value is -3.06. The van der Waals surface area contributed by atoms with E-state index in [9.17, 15) is 9.59 Å². The van der Waals surface area contributed by atoms with Crippen LogP contribution in [-0.4, -0.2) is 68.7 Å². The third kappa shape index (κ3) is 4.11. The zero-order valence-corrected chi connectivity index (χ0v) is 17.4. The fraction of sp³-hybridized carbons (Fsp3) is 0.391. The van der Waals surface area contributed by atoms with Crippen molar-refractivity contribution in [2.24, 2.45) is 0 Å². The van der Waals surface area contributed by atoms with E-state index in [0.29, 0.717) is 24.6 Å². The number of amides is 2. The van der Waals surface area contributed by atoms with Crippen LogP contribution in [0.3, 0.4) is 0 Å². The molecule has 2 amide bonds. The molecule has 7 nitrogen and oxygen atoms in total. The molecule has 4 rings (SSSR count). The quantitative estimate of drug-likeness (QED) is 0.802. The van der Waals surface area contributed by atoms with Gasteiger partial charge < -0.3 is 24.2 Å². The summed E-state index contributed by atoms with van der Waals surface area (Å²) < 4.78 is 11.5. The lowest BCUT2D eigenvalue weighted by molar-refractivity contribution is -0.917. The predicted molar refractivity (Wildman–Crippen MR) is 113 cm³/mol. The summed E-state index contributed by atoms with van der Waals surface area (Å²) in [5, 5.41) is 0. The van der Waals surface area contributed by atoms with Gasteiger partial charge in [-0.3, -0.25) is 9.59 Å². The van der Waals surface area contributed by atoms with Crippen molar-refractivity contribution < 1.29 is 24.0 Å². The Morgan fingerprint density at radius 3 is 2.37 bits per heavy atom. The van der Waals surface area contributed by atoms with Crippen molar-refractivity contribution in [3.05, 3.63) is 54.6 Å². The molecule has 0 aliphatic carbocycles. The number of hydrogen-bond acceptors (Lipinski definition) is 4. The van der Waals surface area contributed by atoms with Crippen LogP contribution in [0.2, 0.25) is 0 Å². The summed E-state index contributed by atoms with van der Waals surface area (Å²) >= 11 is 0. The van der Waals surface area contributed by atoms with Gasteiger partial charge in [0.15, 0.2) is 17.5 Å². The molecule has 0 radical (unpaired) electrons. The molecule has 1 saturated heterocycles.